The van der Waals surface area contributed by atoms with Gasteiger partial charge in [0, 0.05) is 17.2 Å². The van der Waals surface area contributed by atoms with Crippen molar-refractivity contribution < 1.29 is 31.1 Å². The molecule has 0 aliphatic carbocycles. The molecule has 1 aromatic heterocycles. The highest BCUT2D eigenvalue weighted by Crippen LogP contribution is 2.43. The van der Waals surface area contributed by atoms with E-state index in [4.69, 9.17) is 5.10 Å². The van der Waals surface area contributed by atoms with Crippen LogP contribution in [-0.4, -0.2) is 43.7 Å². The Morgan fingerprint density at radius 2 is 1.64 bits per heavy atom. The first-order valence-electron chi connectivity index (χ1n) is 15.3. The van der Waals surface area contributed by atoms with E-state index in [0.717, 1.165) is 29.1 Å². The first kappa shape index (κ1) is 34.0. The van der Waals surface area contributed by atoms with E-state index in [2.05, 4.69) is 20.7 Å². The monoisotopic (exact) mass is 669 g/mol. The number of para-hydroxylation sites is 1. The number of rotatable bonds is 8. The van der Waals surface area contributed by atoms with Crippen LogP contribution in [0.1, 0.15) is 55.7 Å². The van der Waals surface area contributed by atoms with Crippen LogP contribution in [0.5, 0.6) is 5.75 Å². The predicted molar refractivity (Wildman–Crippen MR) is 175 cm³/mol. The number of hydrogen-bond acceptors (Lipinski definition) is 6. The molecule has 3 N–H and O–H groups in total. The van der Waals surface area contributed by atoms with Gasteiger partial charge in [0.05, 0.1) is 16.6 Å². The van der Waals surface area contributed by atoms with E-state index in [-0.39, 0.29) is 5.41 Å². The largest absolute Gasteiger partial charge is 0.573 e. The number of aryl methyl sites for hydroxylation is 1. The van der Waals surface area contributed by atoms with E-state index in [1.54, 1.807) is 35.0 Å². The van der Waals surface area contributed by atoms with Gasteiger partial charge in [0.2, 0.25) is 0 Å². The Morgan fingerprint density at radius 3 is 2.30 bits per heavy atom. The molecule has 5 rings (SSSR count). The average Bonchev–Trinajstić information content (AvgIpc) is 3.42. The maximum absolute atomic E-state index is 14.2. The van der Waals surface area contributed by atoms with Gasteiger partial charge >= 0.3 is 12.4 Å². The van der Waals surface area contributed by atoms with Crippen LogP contribution in [0.15, 0.2) is 83.8 Å². The van der Waals surface area contributed by atoms with Gasteiger partial charge in [-0.05, 0) is 80.7 Å². The zero-order chi connectivity index (χ0) is 34.0. The van der Waals surface area contributed by atoms with E-state index >= 15 is 0 Å². The lowest BCUT2D eigenvalue weighted by Crippen LogP contribution is -2.34. The summed E-state index contributed by atoms with van der Waals surface area (Å²) >= 11 is 0. The molecule has 4 aromatic rings. The smallest absolute Gasteiger partial charge is 0.404 e. The molecule has 1 saturated heterocycles. The van der Waals surface area contributed by atoms with Crippen LogP contribution in [0.3, 0.4) is 0 Å². The quantitative estimate of drug-likeness (QED) is 0.179. The summed E-state index contributed by atoms with van der Waals surface area (Å²) in [5, 5.41) is 12.4. The number of anilines is 2. The molecular formula is C34H38F3N5O4S. The summed E-state index contributed by atoms with van der Waals surface area (Å²) in [7, 11) is -4.39. The lowest BCUT2D eigenvalue weighted by Gasteiger charge is -2.31. The van der Waals surface area contributed by atoms with Crippen LogP contribution in [0, 0.1) is 12.8 Å². The number of amides is 2. The zero-order valence-corrected chi connectivity index (χ0v) is 27.4. The lowest BCUT2D eigenvalue weighted by molar-refractivity contribution is -0.275. The van der Waals surface area contributed by atoms with Crippen molar-refractivity contribution in [1.29, 1.82) is 0 Å². The molecular weight excluding hydrogens is 631 g/mol. The molecule has 0 radical (unpaired) electrons. The molecule has 250 valence electrons. The first-order valence-corrected chi connectivity index (χ1v) is 16.8. The van der Waals surface area contributed by atoms with Crippen LogP contribution < -0.4 is 20.7 Å². The second kappa shape index (κ2) is 13.4. The van der Waals surface area contributed by atoms with Crippen molar-refractivity contribution in [2.24, 2.45) is 5.92 Å². The number of hydrogen-bond donors (Lipinski definition) is 3. The SMILES string of the molecule is Cc1ccc(-n2nc(C(C)(C)C)cc2NC(=O)Nc2cccc(C(C3CCNCC3)S(=O)(=O)c3ccccc3OC(F)(F)F)c2)cc1. The van der Waals surface area contributed by atoms with Crippen molar-refractivity contribution in [3.05, 3.63) is 95.7 Å². The van der Waals surface area contributed by atoms with Crippen molar-refractivity contribution in [2.75, 3.05) is 23.7 Å². The Balaban J connectivity index is 1.46. The van der Waals surface area contributed by atoms with Gasteiger partial charge in [-0.15, -0.1) is 13.2 Å². The van der Waals surface area contributed by atoms with Gasteiger partial charge in [-0.25, -0.2) is 17.9 Å². The standard InChI is InChI=1S/C34H38F3N5O4S/c1-22-12-14-26(15-13-22)42-30(21-29(41-42)33(2,3)4)40-32(43)39-25-9-7-8-24(20-25)31(23-16-18-38-19-17-23)47(44,45)28-11-6-5-10-27(28)46-34(35,36)37/h5-15,20-21,23,31,38H,16-19H2,1-4H3,(H2,39,40,43). The number of carbonyl (C=O) groups excluding carboxylic acids is 1. The Morgan fingerprint density at radius 1 is 0.957 bits per heavy atom. The molecule has 1 fully saturated rings. The minimum Gasteiger partial charge on any atom is -0.404 e. The van der Waals surface area contributed by atoms with Crippen molar-refractivity contribution in [3.8, 4) is 11.4 Å². The third kappa shape index (κ3) is 8.14. The third-order valence-electron chi connectivity index (χ3n) is 8.00. The fourth-order valence-corrected chi connectivity index (χ4v) is 7.89. The van der Waals surface area contributed by atoms with E-state index in [1.165, 1.54) is 12.1 Å². The maximum Gasteiger partial charge on any atom is 0.573 e. The number of piperidine rings is 1. The minimum absolute atomic E-state index is 0.296. The molecule has 1 unspecified atom stereocenters. The topological polar surface area (TPSA) is 114 Å². The third-order valence-corrected chi connectivity index (χ3v) is 10.3. The van der Waals surface area contributed by atoms with E-state index in [0.29, 0.717) is 43.0 Å². The Labute approximate surface area is 272 Å². The molecule has 2 amide bonds. The molecule has 1 atom stereocenters. The number of ether oxygens (including phenoxy) is 1. The first-order chi connectivity index (χ1) is 22.1. The molecule has 0 spiro atoms. The van der Waals surface area contributed by atoms with E-state index in [1.807, 2.05) is 52.0 Å². The van der Waals surface area contributed by atoms with Gasteiger partial charge in [-0.3, -0.25) is 5.32 Å². The molecule has 9 nitrogen and oxygen atoms in total. The summed E-state index contributed by atoms with van der Waals surface area (Å²) < 4.78 is 73.9. The van der Waals surface area contributed by atoms with Crippen molar-refractivity contribution in [2.45, 2.75) is 62.5 Å². The van der Waals surface area contributed by atoms with Gasteiger partial charge in [0.25, 0.3) is 0 Å². The van der Waals surface area contributed by atoms with Crippen LogP contribution >= 0.6 is 0 Å². The molecule has 47 heavy (non-hydrogen) atoms. The van der Waals surface area contributed by atoms with Gasteiger partial charge in [0.15, 0.2) is 9.84 Å². The summed E-state index contributed by atoms with van der Waals surface area (Å²) in [5.74, 6) is -0.750. The van der Waals surface area contributed by atoms with Crippen molar-refractivity contribution in [1.82, 2.24) is 15.1 Å². The zero-order valence-electron chi connectivity index (χ0n) is 26.6. The highest BCUT2D eigenvalue weighted by molar-refractivity contribution is 7.91. The molecule has 13 heteroatoms. The number of nitrogens with one attached hydrogen (secondary N) is 3. The summed E-state index contributed by atoms with van der Waals surface area (Å²) in [4.78, 5) is 12.8. The van der Waals surface area contributed by atoms with E-state index < -0.39 is 44.0 Å². The molecule has 0 bridgehead atoms. The lowest BCUT2D eigenvalue weighted by atomic mass is 9.90. The fraction of sp³-hybridized carbons (Fsp3) is 0.353. The molecule has 1 aliphatic heterocycles. The average molecular weight is 670 g/mol. The second-order valence-corrected chi connectivity index (χ2v) is 14.7. The van der Waals surface area contributed by atoms with Crippen LogP contribution in [0.2, 0.25) is 0 Å². The predicted octanol–water partition coefficient (Wildman–Crippen LogP) is 7.54. The number of urea groups is 1. The number of aromatic nitrogens is 2. The Kier molecular flexibility index (Phi) is 9.69. The second-order valence-electron chi connectivity index (χ2n) is 12.7. The van der Waals surface area contributed by atoms with Crippen molar-refractivity contribution >= 4 is 27.4 Å². The Hall–Kier alpha value is -4.36. The summed E-state index contributed by atoms with van der Waals surface area (Å²) in [6.07, 6.45) is -4.09. The van der Waals surface area contributed by atoms with Gasteiger partial charge in [0.1, 0.15) is 16.5 Å². The number of nitrogens with zero attached hydrogens (tertiary/aromatic N) is 2. The van der Waals surface area contributed by atoms with Crippen molar-refractivity contribution in [3.63, 3.8) is 0 Å². The number of benzene rings is 3. The fourth-order valence-electron chi connectivity index (χ4n) is 5.67. The van der Waals surface area contributed by atoms with Crippen LogP contribution in [0.4, 0.5) is 29.5 Å². The Bertz CT molecular complexity index is 1830. The highest BCUT2D eigenvalue weighted by atomic mass is 32.2. The maximum atomic E-state index is 14.2. The minimum atomic E-state index is -5.07. The highest BCUT2D eigenvalue weighted by Gasteiger charge is 2.40. The normalized spacial score (nSPS) is 15.2. The van der Waals surface area contributed by atoms with E-state index in [9.17, 15) is 26.4 Å². The van der Waals surface area contributed by atoms with Gasteiger partial charge in [-0.1, -0.05) is 62.7 Å². The van der Waals surface area contributed by atoms with Crippen LogP contribution in [0.25, 0.3) is 5.69 Å². The molecule has 3 aromatic carbocycles. The summed E-state index contributed by atoms with van der Waals surface area (Å²) in [6, 6.07) is 20.1. The van der Waals surface area contributed by atoms with Gasteiger partial charge < -0.3 is 15.4 Å². The summed E-state index contributed by atoms with van der Waals surface area (Å²) in [5.41, 5.74) is 2.96. The number of halogens is 3. The molecule has 1 aliphatic rings. The number of sulfone groups is 1. The van der Waals surface area contributed by atoms with Gasteiger partial charge in [-0.2, -0.15) is 5.10 Å². The molecule has 0 saturated carbocycles. The van der Waals surface area contributed by atoms with Crippen LogP contribution in [-0.2, 0) is 15.3 Å². The summed E-state index contributed by atoms with van der Waals surface area (Å²) in [6.45, 7) is 9.15. The number of carbonyl (C=O) groups is 1. The molecule has 2 heterocycles. The number of alkyl halides is 3.